The van der Waals surface area contributed by atoms with E-state index in [-0.39, 0.29) is 0 Å². The fourth-order valence-corrected chi connectivity index (χ4v) is 2.12. The number of rotatable bonds is 2. The van der Waals surface area contributed by atoms with Crippen molar-refractivity contribution in [1.82, 2.24) is 25.4 Å². The lowest BCUT2D eigenvalue weighted by Crippen LogP contribution is -1.96. The highest BCUT2D eigenvalue weighted by Gasteiger charge is 2.17. The second-order valence-corrected chi connectivity index (χ2v) is 4.56. The summed E-state index contributed by atoms with van der Waals surface area (Å²) in [5, 5.41) is 15.3. The molecule has 6 heteroatoms. The normalized spacial score (nSPS) is 10.7. The summed E-state index contributed by atoms with van der Waals surface area (Å²) < 4.78 is 0. The Morgan fingerprint density at radius 1 is 1.15 bits per heavy atom. The van der Waals surface area contributed by atoms with Gasteiger partial charge in [-0.25, -0.2) is 0 Å². The number of aromatic nitrogens is 5. The fraction of sp³-hybridized carbons (Fsp3) is 0.143. The predicted molar refractivity (Wildman–Crippen MR) is 76.7 cm³/mol. The highest BCUT2D eigenvalue weighted by Crippen LogP contribution is 2.34. The first-order valence-corrected chi connectivity index (χ1v) is 6.23. The number of hydrogen-bond acceptors (Lipinski definition) is 5. The van der Waals surface area contributed by atoms with Crippen molar-refractivity contribution in [2.75, 3.05) is 5.73 Å². The van der Waals surface area contributed by atoms with Gasteiger partial charge in [0, 0.05) is 11.8 Å². The van der Waals surface area contributed by atoms with E-state index in [1.807, 2.05) is 38.1 Å². The van der Waals surface area contributed by atoms with Crippen molar-refractivity contribution in [2.24, 2.45) is 0 Å². The van der Waals surface area contributed by atoms with Crippen LogP contribution in [-0.4, -0.2) is 25.4 Å². The number of nitrogens with zero attached hydrogens (tertiary/aromatic N) is 4. The number of nitrogen functional groups attached to an aromatic ring is 1. The van der Waals surface area contributed by atoms with Crippen LogP contribution in [0.1, 0.15) is 11.4 Å². The van der Waals surface area contributed by atoms with Gasteiger partial charge in [-0.2, -0.15) is 15.3 Å². The molecular formula is C14H14N6. The third-order valence-corrected chi connectivity index (χ3v) is 3.09. The zero-order valence-electron chi connectivity index (χ0n) is 11.3. The van der Waals surface area contributed by atoms with Crippen LogP contribution in [0.3, 0.4) is 0 Å². The number of hydrogen-bond donors (Lipinski definition) is 2. The number of aryl methyl sites for hydroxylation is 2. The number of pyridine rings is 1. The molecule has 0 aromatic carbocycles. The summed E-state index contributed by atoms with van der Waals surface area (Å²) >= 11 is 0. The maximum atomic E-state index is 5.98. The first kappa shape index (κ1) is 12.3. The Hall–Kier alpha value is -2.76. The predicted octanol–water partition coefficient (Wildman–Crippen LogP) is 2.13. The van der Waals surface area contributed by atoms with Gasteiger partial charge >= 0.3 is 0 Å². The standard InChI is InChI=1S/C14H14N6/c1-8-7-10(9(2)18-17-8)13-12(14(15)20-19-13)11-5-3-4-6-16-11/h3-7H,1-2H3,(H3,15,19,20). The topological polar surface area (TPSA) is 93.4 Å². The molecule has 3 aromatic rings. The molecule has 0 unspecified atom stereocenters. The van der Waals surface area contributed by atoms with Gasteiger partial charge < -0.3 is 5.73 Å². The van der Waals surface area contributed by atoms with Gasteiger partial charge in [0.25, 0.3) is 0 Å². The van der Waals surface area contributed by atoms with Crippen molar-refractivity contribution in [3.63, 3.8) is 0 Å². The van der Waals surface area contributed by atoms with Crippen molar-refractivity contribution in [3.05, 3.63) is 41.9 Å². The lowest BCUT2D eigenvalue weighted by Gasteiger charge is -2.06. The Balaban J connectivity index is 2.24. The maximum Gasteiger partial charge on any atom is 0.155 e. The van der Waals surface area contributed by atoms with Crippen LogP contribution >= 0.6 is 0 Å². The number of H-pyrrole nitrogens is 1. The third-order valence-electron chi connectivity index (χ3n) is 3.09. The van der Waals surface area contributed by atoms with Crippen LogP contribution in [-0.2, 0) is 0 Å². The summed E-state index contributed by atoms with van der Waals surface area (Å²) in [4.78, 5) is 4.34. The quantitative estimate of drug-likeness (QED) is 0.741. The largest absolute Gasteiger partial charge is 0.382 e. The average Bonchev–Trinajstić information content (AvgIpc) is 2.84. The van der Waals surface area contributed by atoms with Gasteiger partial charge in [0.15, 0.2) is 5.82 Å². The van der Waals surface area contributed by atoms with Gasteiger partial charge in [0.1, 0.15) is 0 Å². The summed E-state index contributed by atoms with van der Waals surface area (Å²) in [5.74, 6) is 0.424. The van der Waals surface area contributed by atoms with Gasteiger partial charge in [0.05, 0.1) is 28.3 Å². The van der Waals surface area contributed by atoms with Crippen molar-refractivity contribution in [1.29, 1.82) is 0 Å². The molecule has 0 atom stereocenters. The number of nitrogens with one attached hydrogen (secondary N) is 1. The second-order valence-electron chi connectivity index (χ2n) is 4.56. The Kier molecular flexibility index (Phi) is 2.90. The zero-order chi connectivity index (χ0) is 14.1. The van der Waals surface area contributed by atoms with E-state index in [0.717, 1.165) is 33.9 Å². The monoisotopic (exact) mass is 266 g/mol. The van der Waals surface area contributed by atoms with Gasteiger partial charge in [-0.3, -0.25) is 10.1 Å². The SMILES string of the molecule is Cc1cc(-c2[nH]nc(N)c2-c2ccccn2)c(C)nn1. The molecule has 0 saturated carbocycles. The van der Waals surface area contributed by atoms with Crippen molar-refractivity contribution in [3.8, 4) is 22.5 Å². The maximum absolute atomic E-state index is 5.98. The lowest BCUT2D eigenvalue weighted by atomic mass is 10.0. The molecular weight excluding hydrogens is 252 g/mol. The second kappa shape index (κ2) is 4.73. The minimum Gasteiger partial charge on any atom is -0.382 e. The number of aromatic amines is 1. The van der Waals surface area contributed by atoms with E-state index < -0.39 is 0 Å². The molecule has 0 aliphatic heterocycles. The molecule has 0 radical (unpaired) electrons. The third kappa shape index (κ3) is 2.01. The molecule has 0 bridgehead atoms. The molecule has 3 rings (SSSR count). The van der Waals surface area contributed by atoms with Gasteiger partial charge in [0.2, 0.25) is 0 Å². The fourth-order valence-electron chi connectivity index (χ4n) is 2.12. The van der Waals surface area contributed by atoms with E-state index in [2.05, 4.69) is 25.4 Å². The first-order chi connectivity index (χ1) is 9.66. The van der Waals surface area contributed by atoms with Crippen LogP contribution < -0.4 is 5.73 Å². The molecule has 3 N–H and O–H groups in total. The molecule has 0 saturated heterocycles. The molecule has 0 aliphatic rings. The minimum absolute atomic E-state index is 0.424. The van der Waals surface area contributed by atoms with E-state index >= 15 is 0 Å². The summed E-state index contributed by atoms with van der Waals surface area (Å²) in [7, 11) is 0. The van der Waals surface area contributed by atoms with Crippen LogP contribution in [0.15, 0.2) is 30.5 Å². The van der Waals surface area contributed by atoms with Crippen LogP contribution in [0, 0.1) is 13.8 Å². The number of anilines is 1. The van der Waals surface area contributed by atoms with E-state index in [9.17, 15) is 0 Å². The molecule has 3 heterocycles. The molecule has 0 amide bonds. The summed E-state index contributed by atoms with van der Waals surface area (Å²) in [5.41, 5.74) is 11.0. The van der Waals surface area contributed by atoms with E-state index in [0.29, 0.717) is 5.82 Å². The van der Waals surface area contributed by atoms with Crippen molar-refractivity contribution < 1.29 is 0 Å². The molecule has 6 nitrogen and oxygen atoms in total. The van der Waals surface area contributed by atoms with Gasteiger partial charge in [-0.15, -0.1) is 0 Å². The highest BCUT2D eigenvalue weighted by molar-refractivity contribution is 5.86. The van der Waals surface area contributed by atoms with Crippen LogP contribution in [0.2, 0.25) is 0 Å². The van der Waals surface area contributed by atoms with Gasteiger partial charge in [-0.1, -0.05) is 6.07 Å². The summed E-state index contributed by atoms with van der Waals surface area (Å²) in [6.07, 6.45) is 1.73. The Bertz CT molecular complexity index is 748. The molecule has 3 aromatic heterocycles. The molecule has 20 heavy (non-hydrogen) atoms. The van der Waals surface area contributed by atoms with E-state index in [1.54, 1.807) is 6.20 Å². The molecule has 0 spiro atoms. The zero-order valence-corrected chi connectivity index (χ0v) is 11.3. The summed E-state index contributed by atoms with van der Waals surface area (Å²) in [6, 6.07) is 7.65. The molecule has 100 valence electrons. The van der Waals surface area contributed by atoms with Crippen LogP contribution in [0.5, 0.6) is 0 Å². The Morgan fingerprint density at radius 2 is 2.00 bits per heavy atom. The highest BCUT2D eigenvalue weighted by atomic mass is 15.2. The first-order valence-electron chi connectivity index (χ1n) is 6.23. The number of nitrogens with two attached hydrogens (primary N) is 1. The minimum atomic E-state index is 0.424. The average molecular weight is 266 g/mol. The Labute approximate surface area is 116 Å². The van der Waals surface area contributed by atoms with E-state index in [4.69, 9.17) is 5.73 Å². The van der Waals surface area contributed by atoms with Gasteiger partial charge in [-0.05, 0) is 32.0 Å². The summed E-state index contributed by atoms with van der Waals surface area (Å²) in [6.45, 7) is 3.80. The van der Waals surface area contributed by atoms with Crippen molar-refractivity contribution in [2.45, 2.75) is 13.8 Å². The van der Waals surface area contributed by atoms with Crippen LogP contribution in [0.25, 0.3) is 22.5 Å². The smallest absolute Gasteiger partial charge is 0.155 e. The molecule has 0 fully saturated rings. The van der Waals surface area contributed by atoms with Crippen LogP contribution in [0.4, 0.5) is 5.82 Å². The Morgan fingerprint density at radius 3 is 2.75 bits per heavy atom. The van der Waals surface area contributed by atoms with E-state index in [1.165, 1.54) is 0 Å². The van der Waals surface area contributed by atoms with Crippen molar-refractivity contribution >= 4 is 5.82 Å². The molecule has 0 aliphatic carbocycles. The lowest BCUT2D eigenvalue weighted by molar-refractivity contribution is 0.940.